The minimum Gasteiger partial charge on any atom is -0.330 e. The van der Waals surface area contributed by atoms with Crippen molar-refractivity contribution < 1.29 is 0 Å². The van der Waals surface area contributed by atoms with E-state index in [1.807, 2.05) is 19.4 Å². The SMILES string of the molecule is CC(C#N)CNCc1cncn1C1CC1. The highest BCUT2D eigenvalue weighted by Crippen LogP contribution is 2.35. The Morgan fingerprint density at radius 2 is 2.53 bits per heavy atom. The van der Waals surface area contributed by atoms with E-state index in [0.717, 1.165) is 13.1 Å². The van der Waals surface area contributed by atoms with E-state index >= 15 is 0 Å². The minimum absolute atomic E-state index is 0.0716. The predicted octanol–water partition coefficient (Wildman–Crippen LogP) is 1.47. The van der Waals surface area contributed by atoms with Gasteiger partial charge in [0.05, 0.1) is 24.0 Å². The lowest BCUT2D eigenvalue weighted by Gasteiger charge is -2.08. The summed E-state index contributed by atoms with van der Waals surface area (Å²) in [6.45, 7) is 3.47. The van der Waals surface area contributed by atoms with Crippen LogP contribution in [-0.2, 0) is 6.54 Å². The van der Waals surface area contributed by atoms with Crippen LogP contribution in [0, 0.1) is 17.2 Å². The molecule has 0 bridgehead atoms. The van der Waals surface area contributed by atoms with Crippen molar-refractivity contribution in [3.8, 4) is 6.07 Å². The molecule has 1 N–H and O–H groups in total. The van der Waals surface area contributed by atoms with E-state index in [0.29, 0.717) is 6.04 Å². The quantitative estimate of drug-likeness (QED) is 0.790. The van der Waals surface area contributed by atoms with Crippen molar-refractivity contribution in [1.82, 2.24) is 14.9 Å². The number of nitrogens with one attached hydrogen (secondary N) is 1. The summed E-state index contributed by atoms with van der Waals surface area (Å²) >= 11 is 0. The summed E-state index contributed by atoms with van der Waals surface area (Å²) in [5, 5.41) is 11.9. The van der Waals surface area contributed by atoms with Gasteiger partial charge in [-0.1, -0.05) is 0 Å². The van der Waals surface area contributed by atoms with Gasteiger partial charge in [0.2, 0.25) is 0 Å². The van der Waals surface area contributed by atoms with Crippen molar-refractivity contribution in [1.29, 1.82) is 5.26 Å². The van der Waals surface area contributed by atoms with E-state index in [4.69, 9.17) is 5.26 Å². The third kappa shape index (κ3) is 2.57. The Morgan fingerprint density at radius 3 is 3.20 bits per heavy atom. The Bertz CT molecular complexity index is 359. The van der Waals surface area contributed by atoms with Crippen molar-refractivity contribution >= 4 is 0 Å². The first-order valence-electron chi connectivity index (χ1n) is 5.42. The van der Waals surface area contributed by atoms with Gasteiger partial charge < -0.3 is 9.88 Å². The van der Waals surface area contributed by atoms with Gasteiger partial charge in [-0.15, -0.1) is 0 Å². The van der Waals surface area contributed by atoms with E-state index in [2.05, 4.69) is 20.9 Å². The maximum atomic E-state index is 8.64. The summed E-state index contributed by atoms with van der Waals surface area (Å²) in [5.41, 5.74) is 1.22. The lowest BCUT2D eigenvalue weighted by molar-refractivity contribution is 0.573. The number of rotatable bonds is 5. The Kier molecular flexibility index (Phi) is 3.02. The molecule has 1 aliphatic carbocycles. The van der Waals surface area contributed by atoms with Crippen LogP contribution in [-0.4, -0.2) is 16.1 Å². The highest BCUT2D eigenvalue weighted by Gasteiger charge is 2.24. The molecule has 0 amide bonds. The second kappa shape index (κ2) is 4.45. The molecule has 1 aromatic heterocycles. The number of imidazole rings is 1. The largest absolute Gasteiger partial charge is 0.330 e. The first kappa shape index (κ1) is 10.2. The number of nitrogens with zero attached hydrogens (tertiary/aromatic N) is 3. The molecule has 1 fully saturated rings. The van der Waals surface area contributed by atoms with Gasteiger partial charge in [0.15, 0.2) is 0 Å². The first-order chi connectivity index (χ1) is 7.31. The molecule has 15 heavy (non-hydrogen) atoms. The molecule has 1 unspecified atom stereocenters. The van der Waals surface area contributed by atoms with Crippen molar-refractivity contribution in [2.75, 3.05) is 6.54 Å². The van der Waals surface area contributed by atoms with Crippen LogP contribution in [0.5, 0.6) is 0 Å². The van der Waals surface area contributed by atoms with Crippen molar-refractivity contribution in [3.63, 3.8) is 0 Å². The van der Waals surface area contributed by atoms with Crippen molar-refractivity contribution in [2.24, 2.45) is 5.92 Å². The lowest BCUT2D eigenvalue weighted by Crippen LogP contribution is -2.21. The van der Waals surface area contributed by atoms with Gasteiger partial charge in [0.1, 0.15) is 0 Å². The predicted molar refractivity (Wildman–Crippen MR) is 57.0 cm³/mol. The Labute approximate surface area is 89.9 Å². The van der Waals surface area contributed by atoms with Gasteiger partial charge in [-0.2, -0.15) is 5.26 Å². The molecule has 4 heteroatoms. The molecule has 1 saturated carbocycles. The fourth-order valence-electron chi connectivity index (χ4n) is 1.61. The van der Waals surface area contributed by atoms with E-state index in [1.54, 1.807) is 0 Å². The van der Waals surface area contributed by atoms with Crippen LogP contribution in [0.1, 0.15) is 31.5 Å². The zero-order valence-corrected chi connectivity index (χ0v) is 8.98. The van der Waals surface area contributed by atoms with Crippen LogP contribution < -0.4 is 5.32 Å². The Morgan fingerprint density at radius 1 is 1.73 bits per heavy atom. The summed E-state index contributed by atoms with van der Waals surface area (Å²) in [6, 6.07) is 2.89. The van der Waals surface area contributed by atoms with Crippen LogP contribution in [0.4, 0.5) is 0 Å². The zero-order valence-electron chi connectivity index (χ0n) is 8.98. The van der Waals surface area contributed by atoms with Gasteiger partial charge in [-0.05, 0) is 19.8 Å². The average Bonchev–Trinajstić information content (AvgIpc) is 2.99. The highest BCUT2D eigenvalue weighted by molar-refractivity contribution is 5.03. The third-order valence-corrected chi connectivity index (χ3v) is 2.66. The summed E-state index contributed by atoms with van der Waals surface area (Å²) in [4.78, 5) is 4.16. The standard InChI is InChI=1S/C11H16N4/c1-9(4-12)5-13-6-11-7-14-8-15(11)10-2-3-10/h7-10,13H,2-3,5-6H2,1H3. The number of nitriles is 1. The lowest BCUT2D eigenvalue weighted by atomic mass is 10.2. The number of hydrogen-bond acceptors (Lipinski definition) is 3. The third-order valence-electron chi connectivity index (χ3n) is 2.66. The zero-order chi connectivity index (χ0) is 10.7. The minimum atomic E-state index is 0.0716. The van der Waals surface area contributed by atoms with E-state index in [1.165, 1.54) is 18.5 Å². The number of aromatic nitrogens is 2. The topological polar surface area (TPSA) is 53.6 Å². The molecular weight excluding hydrogens is 188 g/mol. The summed E-state index contributed by atoms with van der Waals surface area (Å²) in [6.07, 6.45) is 6.36. The van der Waals surface area contributed by atoms with Gasteiger partial charge >= 0.3 is 0 Å². The van der Waals surface area contributed by atoms with Gasteiger partial charge in [-0.3, -0.25) is 0 Å². The molecule has 1 atom stereocenters. The second-order valence-corrected chi connectivity index (χ2v) is 4.18. The van der Waals surface area contributed by atoms with Crippen LogP contribution in [0.3, 0.4) is 0 Å². The fourth-order valence-corrected chi connectivity index (χ4v) is 1.61. The molecular formula is C11H16N4. The average molecular weight is 204 g/mol. The maximum absolute atomic E-state index is 8.64. The van der Waals surface area contributed by atoms with Crippen LogP contribution in [0.15, 0.2) is 12.5 Å². The molecule has 80 valence electrons. The van der Waals surface area contributed by atoms with Crippen LogP contribution in [0.25, 0.3) is 0 Å². The van der Waals surface area contributed by atoms with Crippen LogP contribution in [0.2, 0.25) is 0 Å². The molecule has 0 saturated heterocycles. The monoisotopic (exact) mass is 204 g/mol. The van der Waals surface area contributed by atoms with E-state index in [-0.39, 0.29) is 5.92 Å². The van der Waals surface area contributed by atoms with E-state index < -0.39 is 0 Å². The second-order valence-electron chi connectivity index (χ2n) is 4.18. The molecule has 0 radical (unpaired) electrons. The molecule has 0 aromatic carbocycles. The Hall–Kier alpha value is -1.34. The molecule has 4 nitrogen and oxygen atoms in total. The molecule has 1 aromatic rings. The highest BCUT2D eigenvalue weighted by atomic mass is 15.1. The van der Waals surface area contributed by atoms with Gasteiger partial charge in [0.25, 0.3) is 0 Å². The summed E-state index contributed by atoms with van der Waals surface area (Å²) in [7, 11) is 0. The molecule has 0 spiro atoms. The molecule has 1 aliphatic rings. The maximum Gasteiger partial charge on any atom is 0.0951 e. The smallest absolute Gasteiger partial charge is 0.0951 e. The number of hydrogen-bond donors (Lipinski definition) is 1. The molecule has 2 rings (SSSR count). The van der Waals surface area contributed by atoms with Crippen LogP contribution >= 0.6 is 0 Å². The first-order valence-corrected chi connectivity index (χ1v) is 5.42. The van der Waals surface area contributed by atoms with E-state index in [9.17, 15) is 0 Å². The van der Waals surface area contributed by atoms with Gasteiger partial charge in [0, 0.05) is 25.3 Å². The summed E-state index contributed by atoms with van der Waals surface area (Å²) < 4.78 is 2.24. The Balaban J connectivity index is 1.83. The van der Waals surface area contributed by atoms with Crippen molar-refractivity contribution in [2.45, 2.75) is 32.4 Å². The van der Waals surface area contributed by atoms with Crippen molar-refractivity contribution in [3.05, 3.63) is 18.2 Å². The summed E-state index contributed by atoms with van der Waals surface area (Å²) in [5.74, 6) is 0.0716. The molecule has 0 aliphatic heterocycles. The van der Waals surface area contributed by atoms with Gasteiger partial charge in [-0.25, -0.2) is 4.98 Å². The molecule has 1 heterocycles. The fraction of sp³-hybridized carbons (Fsp3) is 0.636. The normalized spacial score (nSPS) is 17.3.